The lowest BCUT2D eigenvalue weighted by Gasteiger charge is -2.35. The molecule has 0 saturated carbocycles. The molecule has 0 unspecified atom stereocenters. The van der Waals surface area contributed by atoms with Crippen LogP contribution in [0.2, 0.25) is 0 Å². The molecule has 1 aromatic heterocycles. The van der Waals surface area contributed by atoms with Gasteiger partial charge in [0.25, 0.3) is 5.56 Å². The van der Waals surface area contributed by atoms with Gasteiger partial charge in [0.15, 0.2) is 0 Å². The molecule has 0 aromatic carbocycles. The van der Waals surface area contributed by atoms with Gasteiger partial charge in [-0.15, -0.1) is 0 Å². The first-order valence-corrected chi connectivity index (χ1v) is 6.74. The topological polar surface area (TPSA) is 36.1 Å². The maximum atomic E-state index is 11.9. The van der Waals surface area contributed by atoms with Crippen molar-refractivity contribution in [1.29, 1.82) is 0 Å². The molecule has 17 heavy (non-hydrogen) atoms. The molecule has 1 N–H and O–H groups in total. The summed E-state index contributed by atoms with van der Waals surface area (Å²) in [6.45, 7) is 4.47. The van der Waals surface area contributed by atoms with E-state index in [1.807, 2.05) is 12.1 Å². The van der Waals surface area contributed by atoms with Crippen LogP contribution in [0, 0.1) is 0 Å². The van der Waals surface area contributed by atoms with E-state index in [4.69, 9.17) is 0 Å². The Morgan fingerprint density at radius 1 is 1.47 bits per heavy atom. The van der Waals surface area contributed by atoms with Gasteiger partial charge in [-0.1, -0.05) is 25.8 Å². The highest BCUT2D eigenvalue weighted by molar-refractivity contribution is 5.15. The Labute approximate surface area is 103 Å². The Bertz CT molecular complexity index is 399. The van der Waals surface area contributed by atoms with E-state index < -0.39 is 0 Å². The fraction of sp³-hybridized carbons (Fsp3) is 0.643. The molecule has 94 valence electrons. The van der Waals surface area contributed by atoms with Gasteiger partial charge in [-0.05, 0) is 38.4 Å². The fourth-order valence-electron chi connectivity index (χ4n) is 2.67. The lowest BCUT2D eigenvalue weighted by Crippen LogP contribution is -2.36. The minimum Gasteiger partial charge on any atom is -0.329 e. The predicted molar refractivity (Wildman–Crippen MR) is 70.1 cm³/mol. The Balaban J connectivity index is 2.16. The predicted octanol–water partition coefficient (Wildman–Crippen LogP) is 2.70. The third-order valence-electron chi connectivity index (χ3n) is 3.62. The van der Waals surface area contributed by atoms with E-state index in [-0.39, 0.29) is 5.56 Å². The van der Waals surface area contributed by atoms with Crippen LogP contribution in [0.25, 0.3) is 0 Å². The van der Waals surface area contributed by atoms with Gasteiger partial charge < -0.3 is 4.98 Å². The van der Waals surface area contributed by atoms with E-state index in [0.717, 1.165) is 25.1 Å². The van der Waals surface area contributed by atoms with Gasteiger partial charge >= 0.3 is 0 Å². The summed E-state index contributed by atoms with van der Waals surface area (Å²) < 4.78 is 0. The standard InChI is InChI=1S/C14H22N2O/c1-2-3-10-16-11-5-4-8-13(16)12-7-6-9-15-14(12)17/h6-7,9,13H,2-5,8,10-11H2,1H3,(H,15,17)/t13-/m0/s1. The van der Waals surface area contributed by atoms with Gasteiger partial charge in [0.2, 0.25) is 0 Å². The highest BCUT2D eigenvalue weighted by Crippen LogP contribution is 2.28. The van der Waals surface area contributed by atoms with E-state index in [1.54, 1.807) is 6.20 Å². The van der Waals surface area contributed by atoms with Crippen LogP contribution in [-0.4, -0.2) is 23.0 Å². The number of aromatic nitrogens is 1. The van der Waals surface area contributed by atoms with Crippen LogP contribution in [0.3, 0.4) is 0 Å². The second-order valence-electron chi connectivity index (χ2n) is 4.86. The van der Waals surface area contributed by atoms with Crippen molar-refractivity contribution in [2.24, 2.45) is 0 Å². The number of pyridine rings is 1. The molecule has 0 radical (unpaired) electrons. The van der Waals surface area contributed by atoms with Crippen molar-refractivity contribution >= 4 is 0 Å². The molecule has 1 aliphatic rings. The van der Waals surface area contributed by atoms with E-state index in [0.29, 0.717) is 6.04 Å². The maximum absolute atomic E-state index is 11.9. The molecule has 0 bridgehead atoms. The fourth-order valence-corrected chi connectivity index (χ4v) is 2.67. The molecule has 1 aromatic rings. The smallest absolute Gasteiger partial charge is 0.252 e. The second kappa shape index (κ2) is 6.01. The lowest BCUT2D eigenvalue weighted by molar-refractivity contribution is 0.145. The summed E-state index contributed by atoms with van der Waals surface area (Å²) in [4.78, 5) is 17.1. The zero-order valence-corrected chi connectivity index (χ0v) is 10.6. The number of hydrogen-bond acceptors (Lipinski definition) is 2. The van der Waals surface area contributed by atoms with Crippen molar-refractivity contribution in [3.63, 3.8) is 0 Å². The first-order chi connectivity index (χ1) is 8.33. The molecule has 1 fully saturated rings. The number of likely N-dealkylation sites (tertiary alicyclic amines) is 1. The third-order valence-corrected chi connectivity index (χ3v) is 3.62. The Morgan fingerprint density at radius 3 is 3.12 bits per heavy atom. The van der Waals surface area contributed by atoms with Crippen LogP contribution in [0.15, 0.2) is 23.1 Å². The van der Waals surface area contributed by atoms with Crippen molar-refractivity contribution in [2.75, 3.05) is 13.1 Å². The molecule has 2 rings (SSSR count). The average Bonchev–Trinajstić information content (AvgIpc) is 2.37. The van der Waals surface area contributed by atoms with Crippen LogP contribution >= 0.6 is 0 Å². The summed E-state index contributed by atoms with van der Waals surface area (Å²) in [6, 6.07) is 4.25. The Kier molecular flexibility index (Phi) is 4.37. The summed E-state index contributed by atoms with van der Waals surface area (Å²) in [6.07, 6.45) is 7.78. The number of H-pyrrole nitrogens is 1. The average molecular weight is 234 g/mol. The maximum Gasteiger partial charge on any atom is 0.252 e. The molecule has 1 atom stereocenters. The molecule has 3 heteroatoms. The van der Waals surface area contributed by atoms with Crippen molar-refractivity contribution < 1.29 is 0 Å². The molecule has 0 aliphatic carbocycles. The van der Waals surface area contributed by atoms with Gasteiger partial charge in [0.1, 0.15) is 0 Å². The number of nitrogens with one attached hydrogen (secondary N) is 1. The Morgan fingerprint density at radius 2 is 2.35 bits per heavy atom. The zero-order valence-electron chi connectivity index (χ0n) is 10.6. The third kappa shape index (κ3) is 2.97. The quantitative estimate of drug-likeness (QED) is 0.869. The first-order valence-electron chi connectivity index (χ1n) is 6.74. The van der Waals surface area contributed by atoms with Crippen LogP contribution in [-0.2, 0) is 0 Å². The highest BCUT2D eigenvalue weighted by Gasteiger charge is 2.24. The minimum atomic E-state index is 0.0842. The second-order valence-corrected chi connectivity index (χ2v) is 4.86. The highest BCUT2D eigenvalue weighted by atomic mass is 16.1. The summed E-state index contributed by atoms with van der Waals surface area (Å²) in [5, 5.41) is 0. The van der Waals surface area contributed by atoms with Crippen LogP contribution in [0.1, 0.15) is 50.6 Å². The van der Waals surface area contributed by atoms with Gasteiger partial charge in [-0.2, -0.15) is 0 Å². The molecule has 0 amide bonds. The van der Waals surface area contributed by atoms with Gasteiger partial charge in [0.05, 0.1) is 0 Å². The normalized spacial score (nSPS) is 21.6. The first kappa shape index (κ1) is 12.4. The summed E-state index contributed by atoms with van der Waals surface area (Å²) >= 11 is 0. The molecular formula is C14H22N2O. The van der Waals surface area contributed by atoms with Crippen molar-refractivity contribution in [2.45, 2.75) is 45.1 Å². The van der Waals surface area contributed by atoms with Gasteiger partial charge in [-0.25, -0.2) is 0 Å². The molecule has 1 aliphatic heterocycles. The lowest BCUT2D eigenvalue weighted by atomic mass is 9.96. The SMILES string of the molecule is CCCCN1CCCC[C@H]1c1ccc[nH]c1=O. The van der Waals surface area contributed by atoms with Crippen molar-refractivity contribution in [3.8, 4) is 0 Å². The van der Waals surface area contributed by atoms with Crippen LogP contribution in [0.4, 0.5) is 0 Å². The molecule has 0 spiro atoms. The molecule has 3 nitrogen and oxygen atoms in total. The number of nitrogens with zero attached hydrogens (tertiary/aromatic N) is 1. The monoisotopic (exact) mass is 234 g/mol. The van der Waals surface area contributed by atoms with Gasteiger partial charge in [-0.3, -0.25) is 9.69 Å². The number of unbranched alkanes of at least 4 members (excludes halogenated alkanes) is 1. The number of aromatic amines is 1. The Hall–Kier alpha value is -1.09. The van der Waals surface area contributed by atoms with Gasteiger partial charge in [0, 0.05) is 17.8 Å². The summed E-state index contributed by atoms with van der Waals surface area (Å²) in [5.41, 5.74) is 1.03. The van der Waals surface area contributed by atoms with E-state index in [1.165, 1.54) is 25.7 Å². The van der Waals surface area contributed by atoms with Crippen LogP contribution in [0.5, 0.6) is 0 Å². The van der Waals surface area contributed by atoms with Crippen molar-refractivity contribution in [1.82, 2.24) is 9.88 Å². The number of piperidine rings is 1. The van der Waals surface area contributed by atoms with E-state index in [9.17, 15) is 4.79 Å². The molecular weight excluding hydrogens is 212 g/mol. The van der Waals surface area contributed by atoms with E-state index in [2.05, 4.69) is 16.8 Å². The van der Waals surface area contributed by atoms with E-state index >= 15 is 0 Å². The molecule has 1 saturated heterocycles. The summed E-state index contributed by atoms with van der Waals surface area (Å²) in [7, 11) is 0. The van der Waals surface area contributed by atoms with Crippen LogP contribution < -0.4 is 5.56 Å². The van der Waals surface area contributed by atoms with Crippen molar-refractivity contribution in [3.05, 3.63) is 34.2 Å². The molecule has 2 heterocycles. The largest absolute Gasteiger partial charge is 0.329 e. The number of rotatable bonds is 4. The summed E-state index contributed by atoms with van der Waals surface area (Å²) in [5.74, 6) is 0. The zero-order chi connectivity index (χ0) is 12.1. The minimum absolute atomic E-state index is 0.0842. The number of hydrogen-bond donors (Lipinski definition) is 1.